The highest BCUT2D eigenvalue weighted by molar-refractivity contribution is 7.08. The number of benzene rings is 1. The second kappa shape index (κ2) is 5.17. The zero-order chi connectivity index (χ0) is 14.0. The summed E-state index contributed by atoms with van der Waals surface area (Å²) in [7, 11) is 0. The second-order valence-electron chi connectivity index (χ2n) is 5.57. The third kappa shape index (κ3) is 3.44. The zero-order valence-electron chi connectivity index (χ0n) is 11.7. The van der Waals surface area contributed by atoms with Gasteiger partial charge in [-0.15, -0.1) is 0 Å². The van der Waals surface area contributed by atoms with Crippen LogP contribution in [0.25, 0.3) is 11.1 Å². The average molecular weight is 274 g/mol. The number of hydrogen-bond acceptors (Lipinski definition) is 3. The molecule has 1 aromatic heterocycles. The van der Waals surface area contributed by atoms with Gasteiger partial charge in [0.2, 0.25) is 0 Å². The molecule has 100 valence electrons. The summed E-state index contributed by atoms with van der Waals surface area (Å²) in [5.41, 5.74) is 3.36. The van der Waals surface area contributed by atoms with Crippen LogP contribution in [0.2, 0.25) is 0 Å². The van der Waals surface area contributed by atoms with E-state index in [1.165, 1.54) is 16.9 Å². The fourth-order valence-corrected chi connectivity index (χ4v) is 2.65. The minimum absolute atomic E-state index is 0.259. The highest BCUT2D eigenvalue weighted by Crippen LogP contribution is 2.29. The maximum atomic E-state index is 12.2. The summed E-state index contributed by atoms with van der Waals surface area (Å²) in [4.78, 5) is 12.2. The van der Waals surface area contributed by atoms with Crippen molar-refractivity contribution in [3.8, 4) is 11.1 Å². The Balaban J connectivity index is 2.35. The van der Waals surface area contributed by atoms with Crippen molar-refractivity contribution in [2.24, 2.45) is 0 Å². The number of thiophene rings is 1. The first-order valence-electron chi connectivity index (χ1n) is 6.23. The molecule has 0 aliphatic rings. The third-order valence-electron chi connectivity index (χ3n) is 2.61. The molecule has 0 fully saturated rings. The van der Waals surface area contributed by atoms with Crippen LogP contribution in [0.15, 0.2) is 35.0 Å². The van der Waals surface area contributed by atoms with Crippen LogP contribution in [0.4, 0.5) is 0 Å². The van der Waals surface area contributed by atoms with E-state index in [0.29, 0.717) is 5.56 Å². The number of hydrogen-bond donors (Lipinski definition) is 0. The summed E-state index contributed by atoms with van der Waals surface area (Å²) in [6.45, 7) is 7.68. The largest absolute Gasteiger partial charge is 0.456 e. The molecule has 3 heteroatoms. The van der Waals surface area contributed by atoms with E-state index < -0.39 is 5.60 Å². The maximum absolute atomic E-state index is 12.2. The van der Waals surface area contributed by atoms with Gasteiger partial charge < -0.3 is 4.74 Å². The Kier molecular flexibility index (Phi) is 3.76. The lowest BCUT2D eigenvalue weighted by molar-refractivity contribution is 0.00711. The first kappa shape index (κ1) is 13.8. The lowest BCUT2D eigenvalue weighted by Gasteiger charge is -2.19. The molecule has 1 heterocycles. The van der Waals surface area contributed by atoms with Crippen LogP contribution in [-0.2, 0) is 4.74 Å². The lowest BCUT2D eigenvalue weighted by Crippen LogP contribution is -2.23. The average Bonchev–Trinajstić information content (AvgIpc) is 2.75. The van der Waals surface area contributed by atoms with Gasteiger partial charge in [0.25, 0.3) is 0 Å². The number of carbonyl (C=O) groups is 1. The van der Waals surface area contributed by atoms with Crippen LogP contribution in [0.5, 0.6) is 0 Å². The number of aryl methyl sites for hydroxylation is 1. The van der Waals surface area contributed by atoms with Gasteiger partial charge in [0, 0.05) is 10.9 Å². The molecule has 0 aliphatic carbocycles. The Morgan fingerprint density at radius 3 is 2.58 bits per heavy atom. The predicted molar refractivity (Wildman–Crippen MR) is 79.7 cm³/mol. The molecule has 2 nitrogen and oxygen atoms in total. The molecule has 2 aromatic rings. The van der Waals surface area contributed by atoms with Gasteiger partial charge in [-0.25, -0.2) is 4.79 Å². The van der Waals surface area contributed by atoms with Crippen LogP contribution in [0, 0.1) is 6.92 Å². The van der Waals surface area contributed by atoms with Crippen LogP contribution < -0.4 is 0 Å². The Morgan fingerprint density at radius 2 is 1.95 bits per heavy atom. The zero-order valence-corrected chi connectivity index (χ0v) is 12.5. The van der Waals surface area contributed by atoms with Crippen molar-refractivity contribution in [2.45, 2.75) is 33.3 Å². The fraction of sp³-hybridized carbons (Fsp3) is 0.312. The molecule has 0 aliphatic heterocycles. The van der Waals surface area contributed by atoms with Crippen LogP contribution in [0.3, 0.4) is 0 Å². The number of esters is 1. The molecular formula is C16H18O2S. The Labute approximate surface area is 118 Å². The molecule has 0 spiro atoms. The van der Waals surface area contributed by atoms with E-state index in [9.17, 15) is 4.79 Å². The molecule has 0 saturated carbocycles. The molecule has 0 atom stereocenters. The van der Waals surface area contributed by atoms with E-state index in [4.69, 9.17) is 4.74 Å². The summed E-state index contributed by atoms with van der Waals surface area (Å²) in [5.74, 6) is -0.259. The van der Waals surface area contributed by atoms with Crippen molar-refractivity contribution in [1.82, 2.24) is 0 Å². The fourth-order valence-electron chi connectivity index (χ4n) is 1.82. The van der Waals surface area contributed by atoms with Crippen LogP contribution in [-0.4, -0.2) is 11.6 Å². The molecule has 0 N–H and O–H groups in total. The molecule has 2 rings (SSSR count). The first-order valence-corrected chi connectivity index (χ1v) is 7.18. The quantitative estimate of drug-likeness (QED) is 0.743. The topological polar surface area (TPSA) is 26.3 Å². The van der Waals surface area contributed by atoms with E-state index in [0.717, 1.165) is 11.1 Å². The summed E-state index contributed by atoms with van der Waals surface area (Å²) < 4.78 is 5.44. The monoisotopic (exact) mass is 274 g/mol. The van der Waals surface area contributed by atoms with Crippen LogP contribution in [0.1, 0.15) is 36.7 Å². The third-order valence-corrected chi connectivity index (χ3v) is 3.35. The number of carbonyl (C=O) groups excluding carboxylic acids is 1. The first-order chi connectivity index (χ1) is 8.87. The van der Waals surface area contributed by atoms with E-state index >= 15 is 0 Å². The van der Waals surface area contributed by atoms with Crippen molar-refractivity contribution < 1.29 is 9.53 Å². The molecule has 0 radical (unpaired) electrons. The molecule has 0 saturated heterocycles. The SMILES string of the molecule is Cc1cccc(-c2cscc2C(=O)OC(C)(C)C)c1. The second-order valence-corrected chi connectivity index (χ2v) is 6.31. The Hall–Kier alpha value is -1.61. The molecule has 0 amide bonds. The summed E-state index contributed by atoms with van der Waals surface area (Å²) in [5, 5.41) is 3.85. The smallest absolute Gasteiger partial charge is 0.340 e. The van der Waals surface area contributed by atoms with Crippen molar-refractivity contribution in [3.63, 3.8) is 0 Å². The van der Waals surface area contributed by atoms with Gasteiger partial charge in [-0.2, -0.15) is 11.3 Å². The lowest BCUT2D eigenvalue weighted by atomic mass is 10.0. The highest BCUT2D eigenvalue weighted by Gasteiger charge is 2.21. The molecular weight excluding hydrogens is 256 g/mol. The Bertz CT molecular complexity index is 591. The van der Waals surface area contributed by atoms with Crippen molar-refractivity contribution in [2.75, 3.05) is 0 Å². The van der Waals surface area contributed by atoms with Gasteiger partial charge in [-0.05, 0) is 38.6 Å². The van der Waals surface area contributed by atoms with Gasteiger partial charge in [0.15, 0.2) is 0 Å². The van der Waals surface area contributed by atoms with E-state index in [2.05, 4.69) is 6.07 Å². The highest BCUT2D eigenvalue weighted by atomic mass is 32.1. The molecule has 1 aromatic carbocycles. The standard InChI is InChI=1S/C16H18O2S/c1-11-6-5-7-12(8-11)13-9-19-10-14(13)15(17)18-16(2,3)4/h5-10H,1-4H3. The summed E-state index contributed by atoms with van der Waals surface area (Å²) in [6, 6.07) is 8.14. The van der Waals surface area contributed by atoms with E-state index in [1.807, 2.05) is 56.7 Å². The Morgan fingerprint density at radius 1 is 1.21 bits per heavy atom. The molecule has 0 bridgehead atoms. The van der Waals surface area contributed by atoms with Crippen LogP contribution >= 0.6 is 11.3 Å². The minimum Gasteiger partial charge on any atom is -0.456 e. The maximum Gasteiger partial charge on any atom is 0.340 e. The van der Waals surface area contributed by atoms with Gasteiger partial charge in [0.1, 0.15) is 5.60 Å². The predicted octanol–water partition coefficient (Wildman–Crippen LogP) is 4.68. The van der Waals surface area contributed by atoms with Crippen molar-refractivity contribution in [3.05, 3.63) is 46.2 Å². The summed E-state index contributed by atoms with van der Waals surface area (Å²) >= 11 is 1.52. The normalized spacial score (nSPS) is 11.4. The van der Waals surface area contributed by atoms with Gasteiger partial charge in [-0.3, -0.25) is 0 Å². The molecule has 19 heavy (non-hydrogen) atoms. The summed E-state index contributed by atoms with van der Waals surface area (Å²) in [6.07, 6.45) is 0. The van der Waals surface area contributed by atoms with Crippen molar-refractivity contribution >= 4 is 17.3 Å². The molecule has 0 unspecified atom stereocenters. The van der Waals surface area contributed by atoms with Gasteiger partial charge >= 0.3 is 5.97 Å². The number of ether oxygens (including phenoxy) is 1. The van der Waals surface area contributed by atoms with E-state index in [-0.39, 0.29) is 5.97 Å². The number of rotatable bonds is 2. The van der Waals surface area contributed by atoms with Gasteiger partial charge in [0.05, 0.1) is 5.56 Å². The van der Waals surface area contributed by atoms with E-state index in [1.54, 1.807) is 0 Å². The minimum atomic E-state index is -0.469. The van der Waals surface area contributed by atoms with Gasteiger partial charge in [-0.1, -0.05) is 29.8 Å². The van der Waals surface area contributed by atoms with Crippen molar-refractivity contribution in [1.29, 1.82) is 0 Å².